The van der Waals surface area contributed by atoms with Crippen molar-refractivity contribution in [1.29, 1.82) is 0 Å². The van der Waals surface area contributed by atoms with Gasteiger partial charge in [-0.1, -0.05) is 25.4 Å². The molecule has 0 spiro atoms. The highest BCUT2D eigenvalue weighted by Crippen LogP contribution is 2.28. The topological polar surface area (TPSA) is 12.9 Å². The zero-order chi connectivity index (χ0) is 9.84. The molecule has 0 aromatic carbocycles. The fraction of sp³-hybridized carbons (Fsp3) is 0.300. The predicted molar refractivity (Wildman–Crippen MR) is 60.7 cm³/mol. The average Bonchev–Trinajstić information content (AvgIpc) is 2.51. The zero-order valence-electron chi connectivity index (χ0n) is 7.97. The molecule has 2 rings (SSSR count). The van der Waals surface area contributed by atoms with Crippen molar-refractivity contribution < 1.29 is 0 Å². The maximum atomic E-state index is 5.87. The van der Waals surface area contributed by atoms with E-state index in [0.717, 1.165) is 5.39 Å². The Bertz CT molecular complexity index is 395. The van der Waals surface area contributed by atoms with Gasteiger partial charge in [0.05, 0.1) is 0 Å². The van der Waals surface area contributed by atoms with Crippen molar-refractivity contribution >= 4 is 33.0 Å². The second-order valence-corrected chi connectivity index (χ2v) is 4.02. The second kappa shape index (κ2) is 4.58. The Morgan fingerprint density at radius 1 is 1.38 bits per heavy atom. The minimum absolute atomic E-state index is 0.604. The fourth-order valence-electron chi connectivity index (χ4n) is 1.06. The Labute approximate surface area is 87.4 Å². The average molecular weight is 214 g/mol. The lowest BCUT2D eigenvalue weighted by molar-refractivity contribution is 1.37. The highest BCUT2D eigenvalue weighted by Gasteiger charge is 2.01. The first-order valence-corrected chi connectivity index (χ1v) is 5.47. The Morgan fingerprint density at radius 3 is 2.69 bits per heavy atom. The number of hydrogen-bond acceptors (Lipinski definition) is 2. The van der Waals surface area contributed by atoms with Gasteiger partial charge in [-0.2, -0.15) is 0 Å². The largest absolute Gasteiger partial charge is 0.244 e. The number of fused-ring (bicyclic) bond motifs is 1. The number of nitrogens with zero attached hydrogens (tertiary/aromatic N) is 1. The highest BCUT2D eigenvalue weighted by molar-refractivity contribution is 7.19. The Kier molecular flexibility index (Phi) is 3.70. The van der Waals surface area contributed by atoms with Crippen LogP contribution in [0.3, 0.4) is 0 Å². The van der Waals surface area contributed by atoms with Gasteiger partial charge in [-0.15, -0.1) is 11.3 Å². The van der Waals surface area contributed by atoms with Crippen molar-refractivity contribution in [3.8, 4) is 0 Å². The van der Waals surface area contributed by atoms with Gasteiger partial charge in [0, 0.05) is 21.2 Å². The molecule has 0 unspecified atom stereocenters. The molecule has 0 bridgehead atoms. The number of aryl methyl sites for hydroxylation is 1. The highest BCUT2D eigenvalue weighted by atomic mass is 35.5. The summed E-state index contributed by atoms with van der Waals surface area (Å²) in [7, 11) is 0. The van der Waals surface area contributed by atoms with E-state index >= 15 is 0 Å². The van der Waals surface area contributed by atoms with Crippen LogP contribution in [-0.2, 0) is 0 Å². The summed E-state index contributed by atoms with van der Waals surface area (Å²) in [6.45, 7) is 6.07. The fourth-order valence-corrected chi connectivity index (χ4v) is 2.24. The molecule has 0 N–H and O–H groups in total. The van der Waals surface area contributed by atoms with Crippen molar-refractivity contribution in [3.63, 3.8) is 0 Å². The number of aromatic nitrogens is 1. The lowest BCUT2D eigenvalue weighted by atomic mass is 10.3. The smallest absolute Gasteiger partial charge is 0.137 e. The van der Waals surface area contributed by atoms with Crippen LogP contribution < -0.4 is 0 Å². The summed E-state index contributed by atoms with van der Waals surface area (Å²) < 4.78 is 1.21. The van der Waals surface area contributed by atoms with E-state index in [4.69, 9.17) is 11.6 Å². The number of hydrogen-bond donors (Lipinski definition) is 0. The quantitative estimate of drug-likeness (QED) is 0.596. The molecular weight excluding hydrogens is 202 g/mol. The van der Waals surface area contributed by atoms with Gasteiger partial charge in [0.1, 0.15) is 5.15 Å². The standard InChI is InChI=1S/C8H6ClNS.C2H6/c1-5-4-6-7(11-5)2-3-10-8(6)9;1-2/h2-4H,1H3;1-2H3. The van der Waals surface area contributed by atoms with E-state index in [2.05, 4.69) is 18.0 Å². The SMILES string of the molecule is CC.Cc1cc2c(Cl)nccc2s1. The van der Waals surface area contributed by atoms with E-state index in [0.29, 0.717) is 5.15 Å². The molecule has 0 saturated heterocycles. The van der Waals surface area contributed by atoms with Crippen LogP contribution in [0.2, 0.25) is 5.15 Å². The second-order valence-electron chi connectivity index (χ2n) is 2.37. The molecule has 2 heterocycles. The van der Waals surface area contributed by atoms with Gasteiger partial charge in [-0.05, 0) is 19.1 Å². The summed E-state index contributed by atoms with van der Waals surface area (Å²) in [6.07, 6.45) is 1.74. The third-order valence-corrected chi connectivity index (χ3v) is 2.84. The van der Waals surface area contributed by atoms with E-state index in [1.807, 2.05) is 19.9 Å². The van der Waals surface area contributed by atoms with Crippen LogP contribution in [0, 0.1) is 6.92 Å². The molecule has 0 fully saturated rings. The summed E-state index contributed by atoms with van der Waals surface area (Å²) in [5, 5.41) is 1.67. The minimum Gasteiger partial charge on any atom is -0.244 e. The number of pyridine rings is 1. The van der Waals surface area contributed by atoms with Gasteiger partial charge in [0.15, 0.2) is 0 Å². The lowest BCUT2D eigenvalue weighted by Crippen LogP contribution is -1.70. The van der Waals surface area contributed by atoms with Gasteiger partial charge in [0.25, 0.3) is 0 Å². The Balaban J connectivity index is 0.000000396. The lowest BCUT2D eigenvalue weighted by Gasteiger charge is -1.88. The zero-order valence-corrected chi connectivity index (χ0v) is 9.54. The maximum absolute atomic E-state index is 5.87. The van der Waals surface area contributed by atoms with Crippen LogP contribution in [-0.4, -0.2) is 4.98 Å². The van der Waals surface area contributed by atoms with Gasteiger partial charge in [-0.3, -0.25) is 0 Å². The molecule has 0 aliphatic heterocycles. The first-order valence-electron chi connectivity index (χ1n) is 4.28. The molecule has 0 atom stereocenters. The molecule has 0 radical (unpaired) electrons. The van der Waals surface area contributed by atoms with Crippen molar-refractivity contribution in [3.05, 3.63) is 28.4 Å². The number of halogens is 1. The van der Waals surface area contributed by atoms with Gasteiger partial charge in [-0.25, -0.2) is 4.98 Å². The normalized spacial score (nSPS) is 9.54. The van der Waals surface area contributed by atoms with Crippen LogP contribution >= 0.6 is 22.9 Å². The van der Waals surface area contributed by atoms with Crippen LogP contribution in [0.25, 0.3) is 10.1 Å². The summed E-state index contributed by atoms with van der Waals surface area (Å²) in [5.41, 5.74) is 0. The first kappa shape index (κ1) is 10.5. The van der Waals surface area contributed by atoms with E-state index in [1.54, 1.807) is 17.5 Å². The van der Waals surface area contributed by atoms with Crippen molar-refractivity contribution in [2.75, 3.05) is 0 Å². The number of rotatable bonds is 0. The molecule has 2 aromatic rings. The van der Waals surface area contributed by atoms with Gasteiger partial charge >= 0.3 is 0 Å². The third-order valence-electron chi connectivity index (χ3n) is 1.52. The minimum atomic E-state index is 0.604. The molecule has 2 aromatic heterocycles. The van der Waals surface area contributed by atoms with E-state index < -0.39 is 0 Å². The molecule has 0 amide bonds. The summed E-state index contributed by atoms with van der Waals surface area (Å²) >= 11 is 7.61. The van der Waals surface area contributed by atoms with Crippen LogP contribution in [0.4, 0.5) is 0 Å². The van der Waals surface area contributed by atoms with E-state index in [1.165, 1.54) is 9.58 Å². The Morgan fingerprint density at radius 2 is 2.08 bits per heavy atom. The van der Waals surface area contributed by atoms with E-state index in [9.17, 15) is 0 Å². The van der Waals surface area contributed by atoms with Crippen molar-refractivity contribution in [1.82, 2.24) is 4.98 Å². The molecule has 70 valence electrons. The summed E-state index contributed by atoms with van der Waals surface area (Å²) in [4.78, 5) is 5.27. The molecule has 0 aliphatic carbocycles. The summed E-state index contributed by atoms with van der Waals surface area (Å²) in [5.74, 6) is 0. The molecule has 3 heteroatoms. The molecule has 0 aliphatic rings. The monoisotopic (exact) mass is 213 g/mol. The van der Waals surface area contributed by atoms with Gasteiger partial charge in [0.2, 0.25) is 0 Å². The Hall–Kier alpha value is -0.600. The van der Waals surface area contributed by atoms with Crippen molar-refractivity contribution in [2.24, 2.45) is 0 Å². The molecule has 13 heavy (non-hydrogen) atoms. The molecule has 0 saturated carbocycles. The van der Waals surface area contributed by atoms with E-state index in [-0.39, 0.29) is 0 Å². The van der Waals surface area contributed by atoms with Crippen LogP contribution in [0.15, 0.2) is 18.3 Å². The van der Waals surface area contributed by atoms with Crippen LogP contribution in [0.5, 0.6) is 0 Å². The first-order chi connectivity index (χ1) is 6.27. The third kappa shape index (κ3) is 2.20. The van der Waals surface area contributed by atoms with Crippen LogP contribution in [0.1, 0.15) is 18.7 Å². The molecule has 1 nitrogen and oxygen atoms in total. The predicted octanol–water partition coefficient (Wildman–Crippen LogP) is 4.28. The molecular formula is C10H12ClNS. The maximum Gasteiger partial charge on any atom is 0.137 e. The number of thiophene rings is 1. The van der Waals surface area contributed by atoms with Crippen molar-refractivity contribution in [2.45, 2.75) is 20.8 Å². The van der Waals surface area contributed by atoms with Gasteiger partial charge < -0.3 is 0 Å². The summed E-state index contributed by atoms with van der Waals surface area (Å²) in [6, 6.07) is 4.05.